The predicted molar refractivity (Wildman–Crippen MR) is 198 cm³/mol. The molecule has 2 aliphatic carbocycles. The SMILES string of the molecule is Cc1ccc(C)c(-c2cccc3c2C=C[CH]3[Hf]([CH3])([CH3])([CH3])(=[SiH2])([c]2ccccc2)[CH]2C=Cc3c(-c4cc(C)ccc4C)cccc32)c1. The predicted octanol–water partition coefficient (Wildman–Crippen LogP) is 10.9. The molecule has 0 amide bonds. The summed E-state index contributed by atoms with van der Waals surface area (Å²) in [7, 11) is 0. The van der Waals surface area contributed by atoms with Gasteiger partial charge in [0.05, 0.1) is 0 Å². The summed E-state index contributed by atoms with van der Waals surface area (Å²) in [6, 6.07) is 39.5. The Hall–Kier alpha value is -3.33. The van der Waals surface area contributed by atoms with Crippen LogP contribution in [0.3, 0.4) is 0 Å². The molecule has 2 atom stereocenters. The van der Waals surface area contributed by atoms with E-state index in [1.54, 1.807) is 3.32 Å². The third kappa shape index (κ3) is 4.18. The maximum atomic E-state index is 2.77. The van der Waals surface area contributed by atoms with Gasteiger partial charge in [-0.3, -0.25) is 0 Å². The van der Waals surface area contributed by atoms with Gasteiger partial charge in [0, 0.05) is 0 Å². The average Bonchev–Trinajstić information content (AvgIpc) is 3.67. The first-order chi connectivity index (χ1) is 21.2. The first-order valence-corrected chi connectivity index (χ1v) is 41.6. The number of hydrogen-bond acceptors (Lipinski definition) is 0. The molecule has 0 nitrogen and oxygen atoms in total. The quantitative estimate of drug-likeness (QED) is 0.156. The van der Waals surface area contributed by atoms with Crippen LogP contribution in [-0.2, 0) is 14.2 Å². The summed E-state index contributed by atoms with van der Waals surface area (Å²) in [5.41, 5.74) is 16.4. The number of hydrogen-bond donors (Lipinski definition) is 0. The van der Waals surface area contributed by atoms with Crippen molar-refractivity contribution in [2.45, 2.75) is 49.1 Å². The van der Waals surface area contributed by atoms with Gasteiger partial charge < -0.3 is 0 Å². The number of allylic oxidation sites excluding steroid dienone is 2. The molecule has 0 N–H and O–H groups in total. The minimum atomic E-state index is -5.36. The van der Waals surface area contributed by atoms with Crippen LogP contribution >= 0.6 is 0 Å². The zero-order valence-corrected chi connectivity index (χ0v) is 33.0. The third-order valence-corrected chi connectivity index (χ3v) is 59.2. The topological polar surface area (TPSA) is 0 Å². The molecule has 0 saturated carbocycles. The van der Waals surface area contributed by atoms with Crippen molar-refractivity contribution in [3.8, 4) is 22.3 Å². The van der Waals surface area contributed by atoms with Gasteiger partial charge in [0.25, 0.3) is 0 Å². The molecule has 2 aliphatic rings. The van der Waals surface area contributed by atoms with Crippen molar-refractivity contribution >= 4 is 22.4 Å². The summed E-state index contributed by atoms with van der Waals surface area (Å²) in [4.78, 5) is 0. The van der Waals surface area contributed by atoms with Gasteiger partial charge in [-0.1, -0.05) is 0 Å². The normalized spacial score (nSPS) is 19.3. The van der Waals surface area contributed by atoms with E-state index >= 15 is 0 Å². The van der Waals surface area contributed by atoms with Crippen LogP contribution < -0.4 is 3.32 Å². The molecule has 45 heavy (non-hydrogen) atoms. The zero-order chi connectivity index (χ0) is 31.9. The molecule has 5 aromatic rings. The van der Waals surface area contributed by atoms with E-state index < -0.39 is 14.2 Å². The van der Waals surface area contributed by atoms with Gasteiger partial charge in [-0.05, 0) is 0 Å². The van der Waals surface area contributed by atoms with Crippen LogP contribution in [0.1, 0.15) is 51.9 Å². The Bertz CT molecular complexity index is 2110. The maximum absolute atomic E-state index is 5.36. The monoisotopic (exact) mass is 770 g/mol. The summed E-state index contributed by atoms with van der Waals surface area (Å²) in [6.45, 7) is 11.3. The number of rotatable bonds is 5. The van der Waals surface area contributed by atoms with Crippen molar-refractivity contribution in [1.82, 2.24) is 0 Å². The van der Waals surface area contributed by atoms with Gasteiger partial charge in [-0.15, -0.1) is 0 Å². The van der Waals surface area contributed by atoms with E-state index in [-0.39, 0.29) is 0 Å². The number of fused-ring (bicyclic) bond motifs is 2. The van der Waals surface area contributed by atoms with Crippen molar-refractivity contribution < 1.29 is 14.2 Å². The summed E-state index contributed by atoms with van der Waals surface area (Å²) in [5.74, 6) is 0. The Morgan fingerprint density at radius 2 is 0.933 bits per heavy atom. The Labute approximate surface area is 266 Å². The zero-order valence-electron chi connectivity index (χ0n) is 28.0. The molecule has 7 rings (SSSR count). The van der Waals surface area contributed by atoms with Crippen LogP contribution in [0.2, 0.25) is 14.0 Å². The van der Waals surface area contributed by atoms with Crippen LogP contribution in [0, 0.1) is 27.7 Å². The Balaban J connectivity index is 1.52. The summed E-state index contributed by atoms with van der Waals surface area (Å²) in [6.07, 6.45) is 10.1. The average molecular weight is 769 g/mol. The molecule has 0 bridgehead atoms. The minimum absolute atomic E-state index is 0.292. The fourth-order valence-electron chi connectivity index (χ4n) is 9.40. The molecule has 0 fully saturated rings. The van der Waals surface area contributed by atoms with Gasteiger partial charge in [0.15, 0.2) is 0 Å². The van der Waals surface area contributed by atoms with E-state index in [1.807, 2.05) is 0 Å². The summed E-state index contributed by atoms with van der Waals surface area (Å²) in [5, 5.41) is 0. The Morgan fingerprint density at radius 3 is 1.38 bits per heavy atom. The number of aryl methyl sites for hydroxylation is 4. The van der Waals surface area contributed by atoms with Gasteiger partial charge in [0.2, 0.25) is 0 Å². The molecule has 0 heterocycles. The van der Waals surface area contributed by atoms with E-state index in [0.717, 1.165) is 0 Å². The summed E-state index contributed by atoms with van der Waals surface area (Å²) >= 11 is -5.36. The van der Waals surface area contributed by atoms with E-state index in [1.165, 1.54) is 66.8 Å². The summed E-state index contributed by atoms with van der Waals surface area (Å²) < 4.78 is 10.4. The van der Waals surface area contributed by atoms with Crippen LogP contribution in [-0.4, -0.2) is 6.94 Å². The molecule has 0 spiro atoms. The van der Waals surface area contributed by atoms with Crippen molar-refractivity contribution in [2.24, 2.45) is 0 Å². The third-order valence-electron chi connectivity index (χ3n) is 12.4. The van der Waals surface area contributed by atoms with E-state index in [4.69, 9.17) is 0 Å². The molecule has 5 aromatic carbocycles. The van der Waals surface area contributed by atoms with Gasteiger partial charge in [-0.25, -0.2) is 0 Å². The van der Waals surface area contributed by atoms with Crippen LogP contribution in [0.25, 0.3) is 34.4 Å². The van der Waals surface area contributed by atoms with E-state index in [2.05, 4.69) is 176 Å². The van der Waals surface area contributed by atoms with E-state index in [0.29, 0.717) is 7.35 Å². The Morgan fingerprint density at radius 1 is 0.489 bits per heavy atom. The van der Waals surface area contributed by atoms with Gasteiger partial charge in [0.1, 0.15) is 0 Å². The Kier molecular flexibility index (Phi) is 6.16. The molecule has 0 aromatic heterocycles. The number of benzene rings is 5. The molecule has 0 aliphatic heterocycles. The second kappa shape index (κ2) is 9.14. The van der Waals surface area contributed by atoms with Crippen LogP contribution in [0.5, 0.6) is 0 Å². The van der Waals surface area contributed by atoms with E-state index in [9.17, 15) is 0 Å². The first kappa shape index (κ1) is 30.3. The van der Waals surface area contributed by atoms with Crippen LogP contribution in [0.15, 0.2) is 115 Å². The second-order valence-corrected chi connectivity index (χ2v) is 94.6. The molecular formula is C43H46HfSi. The van der Waals surface area contributed by atoms with Crippen molar-refractivity contribution in [3.05, 3.63) is 160 Å². The fourth-order valence-corrected chi connectivity index (χ4v) is 47.5. The van der Waals surface area contributed by atoms with Crippen molar-refractivity contribution in [2.75, 3.05) is 0 Å². The second-order valence-electron chi connectivity index (χ2n) is 17.4. The molecule has 0 saturated heterocycles. The van der Waals surface area contributed by atoms with Gasteiger partial charge in [-0.2, -0.15) is 0 Å². The fraction of sp³-hybridized carbons (Fsp3) is 0.209. The first-order valence-electron chi connectivity index (χ1n) is 16.5. The van der Waals surface area contributed by atoms with Crippen molar-refractivity contribution in [3.63, 3.8) is 0 Å². The molecular weight excluding hydrogens is 723 g/mol. The van der Waals surface area contributed by atoms with Crippen LogP contribution in [0.4, 0.5) is 0 Å². The van der Waals surface area contributed by atoms with Crippen molar-refractivity contribution in [1.29, 1.82) is 0 Å². The molecule has 0 radical (unpaired) electrons. The molecule has 226 valence electrons. The van der Waals surface area contributed by atoms with Gasteiger partial charge >= 0.3 is 268 Å². The molecule has 2 unspecified atom stereocenters. The molecule has 2 heteroatoms. The standard InChI is InChI=1S/2C17H15.C6H5.3CH3.Hf.H2Si/c2*1-12-9-10-13(2)17(11-12)16-8-4-6-14-5-3-7-15(14)16;1-2-4-6-5-3-1;;;;;/h2*3-11H,1-2H3;1-5H;3*1H3;;1H2.